The molecule has 0 saturated heterocycles. The molecule has 0 fully saturated rings. The molecule has 1 aliphatic rings. The van der Waals surface area contributed by atoms with E-state index in [0.29, 0.717) is 15.6 Å². The average molecular weight is 364 g/mol. The Labute approximate surface area is 150 Å². The molecule has 0 amide bonds. The summed E-state index contributed by atoms with van der Waals surface area (Å²) in [4.78, 5) is 17.2. The highest BCUT2D eigenvalue weighted by atomic mass is 35.5. The second-order valence-corrected chi connectivity index (χ2v) is 6.24. The van der Waals surface area contributed by atoms with Crippen molar-refractivity contribution in [1.29, 1.82) is 0 Å². The van der Waals surface area contributed by atoms with Gasteiger partial charge in [-0.05, 0) is 61.2 Å². The third-order valence-corrected chi connectivity index (χ3v) is 4.62. The molecule has 6 heteroatoms. The van der Waals surface area contributed by atoms with Gasteiger partial charge in [0.25, 0.3) is 0 Å². The quantitative estimate of drug-likeness (QED) is 0.575. The molecule has 0 bridgehead atoms. The number of rotatable bonds is 3. The van der Waals surface area contributed by atoms with E-state index >= 15 is 0 Å². The minimum absolute atomic E-state index is 0.300. The molecule has 0 atom stereocenters. The number of halogens is 2. The minimum atomic E-state index is -0.568. The van der Waals surface area contributed by atoms with E-state index in [2.05, 4.69) is 5.16 Å². The van der Waals surface area contributed by atoms with E-state index in [4.69, 9.17) is 32.8 Å². The fourth-order valence-electron chi connectivity index (χ4n) is 2.63. The van der Waals surface area contributed by atoms with Crippen molar-refractivity contribution in [2.75, 3.05) is 7.11 Å². The van der Waals surface area contributed by atoms with Crippen LogP contribution in [0.3, 0.4) is 0 Å². The zero-order chi connectivity index (χ0) is 17.1. The number of nitrogens with zero attached hydrogens (tertiary/aromatic N) is 1. The van der Waals surface area contributed by atoms with Gasteiger partial charge in [0.2, 0.25) is 0 Å². The molecule has 0 unspecified atom stereocenters. The summed E-state index contributed by atoms with van der Waals surface area (Å²) in [6.45, 7) is 0. The van der Waals surface area contributed by atoms with Crippen LogP contribution >= 0.6 is 23.2 Å². The molecule has 4 nitrogen and oxygen atoms in total. The second-order valence-electron chi connectivity index (χ2n) is 5.42. The van der Waals surface area contributed by atoms with Crippen molar-refractivity contribution < 1.29 is 14.4 Å². The molecule has 124 valence electrons. The smallest absolute Gasteiger partial charge is 0.365 e. The standard InChI is InChI=1S/C18H15Cl2NO3/c1-23-13-6-7-14-11(9-13)3-2-4-17(14)21-24-18(22)12-5-8-15(19)16(20)10-12/h5-10H,2-4H2,1H3. The third kappa shape index (κ3) is 3.55. The van der Waals surface area contributed by atoms with E-state index in [-0.39, 0.29) is 0 Å². The molecular formula is C18H15Cl2NO3. The molecule has 24 heavy (non-hydrogen) atoms. The number of benzene rings is 2. The van der Waals surface area contributed by atoms with E-state index in [1.165, 1.54) is 6.07 Å². The number of methoxy groups -OCH3 is 1. The van der Waals surface area contributed by atoms with Crippen LogP contribution in [0.25, 0.3) is 0 Å². The lowest BCUT2D eigenvalue weighted by molar-refractivity contribution is 0.0515. The van der Waals surface area contributed by atoms with E-state index in [1.54, 1.807) is 19.2 Å². The summed E-state index contributed by atoms with van der Waals surface area (Å²) in [7, 11) is 1.64. The largest absolute Gasteiger partial charge is 0.497 e. The predicted molar refractivity (Wildman–Crippen MR) is 94.3 cm³/mol. The molecule has 0 N–H and O–H groups in total. The summed E-state index contributed by atoms with van der Waals surface area (Å²) < 4.78 is 5.24. The van der Waals surface area contributed by atoms with Crippen LogP contribution in [0.5, 0.6) is 5.75 Å². The predicted octanol–water partition coefficient (Wildman–Crippen LogP) is 4.90. The van der Waals surface area contributed by atoms with Crippen molar-refractivity contribution in [3.63, 3.8) is 0 Å². The number of oxime groups is 1. The molecule has 0 aromatic heterocycles. The summed E-state index contributed by atoms with van der Waals surface area (Å²) in [5, 5.41) is 4.74. The van der Waals surface area contributed by atoms with Gasteiger partial charge in [-0.1, -0.05) is 28.4 Å². The Morgan fingerprint density at radius 2 is 1.92 bits per heavy atom. The molecule has 0 heterocycles. The van der Waals surface area contributed by atoms with Gasteiger partial charge in [0.15, 0.2) is 0 Å². The van der Waals surface area contributed by atoms with Crippen LogP contribution in [0.1, 0.15) is 34.3 Å². The number of hydrogen-bond acceptors (Lipinski definition) is 4. The first-order valence-electron chi connectivity index (χ1n) is 7.49. The Kier molecular flexibility index (Phi) is 5.07. The molecule has 0 spiro atoms. The van der Waals surface area contributed by atoms with Crippen LogP contribution < -0.4 is 4.74 Å². The van der Waals surface area contributed by atoms with Crippen LogP contribution in [-0.4, -0.2) is 18.8 Å². The first-order chi connectivity index (χ1) is 11.6. The number of ether oxygens (including phenoxy) is 1. The van der Waals surface area contributed by atoms with Gasteiger partial charge in [-0.3, -0.25) is 0 Å². The van der Waals surface area contributed by atoms with Crippen molar-refractivity contribution in [1.82, 2.24) is 0 Å². The van der Waals surface area contributed by atoms with Crippen LogP contribution in [0.4, 0.5) is 0 Å². The number of aryl methyl sites for hydroxylation is 1. The molecule has 2 aromatic carbocycles. The van der Waals surface area contributed by atoms with Crippen LogP contribution in [-0.2, 0) is 11.3 Å². The Morgan fingerprint density at radius 3 is 2.67 bits per heavy atom. The number of carbonyl (C=O) groups is 1. The summed E-state index contributed by atoms with van der Waals surface area (Å²) in [5.74, 6) is 0.240. The molecule has 0 saturated carbocycles. The van der Waals surface area contributed by atoms with Gasteiger partial charge in [0, 0.05) is 5.56 Å². The number of hydrogen-bond donors (Lipinski definition) is 0. The molecule has 0 radical (unpaired) electrons. The van der Waals surface area contributed by atoms with Crippen molar-refractivity contribution in [2.45, 2.75) is 19.3 Å². The maximum Gasteiger partial charge on any atom is 0.365 e. The SMILES string of the molecule is COc1ccc2c(c1)CCCC2=NOC(=O)c1ccc(Cl)c(Cl)c1. The normalized spacial score (nSPS) is 15.0. The van der Waals surface area contributed by atoms with Crippen molar-refractivity contribution in [3.05, 3.63) is 63.1 Å². The van der Waals surface area contributed by atoms with Gasteiger partial charge in [-0.15, -0.1) is 0 Å². The Morgan fingerprint density at radius 1 is 1.08 bits per heavy atom. The number of carbonyl (C=O) groups excluding carboxylic acids is 1. The zero-order valence-electron chi connectivity index (χ0n) is 13.0. The van der Waals surface area contributed by atoms with Crippen LogP contribution in [0.2, 0.25) is 10.0 Å². The molecular weight excluding hydrogens is 349 g/mol. The maximum absolute atomic E-state index is 12.1. The maximum atomic E-state index is 12.1. The third-order valence-electron chi connectivity index (χ3n) is 3.88. The minimum Gasteiger partial charge on any atom is -0.497 e. The van der Waals surface area contributed by atoms with Gasteiger partial charge in [0.05, 0.1) is 28.4 Å². The fraction of sp³-hybridized carbons (Fsp3) is 0.222. The van der Waals surface area contributed by atoms with Gasteiger partial charge in [-0.25, -0.2) is 4.79 Å². The van der Waals surface area contributed by atoms with E-state index in [0.717, 1.165) is 41.9 Å². The highest BCUT2D eigenvalue weighted by Crippen LogP contribution is 2.26. The Bertz CT molecular complexity index is 818. The van der Waals surface area contributed by atoms with Crippen molar-refractivity contribution in [3.8, 4) is 5.75 Å². The first-order valence-corrected chi connectivity index (χ1v) is 8.24. The molecule has 2 aromatic rings. The summed E-state index contributed by atoms with van der Waals surface area (Å²) >= 11 is 11.8. The Hall–Kier alpha value is -2.04. The van der Waals surface area contributed by atoms with Crippen molar-refractivity contribution in [2.24, 2.45) is 5.16 Å². The molecule has 0 aliphatic heterocycles. The average Bonchev–Trinajstić information content (AvgIpc) is 2.61. The van der Waals surface area contributed by atoms with Crippen LogP contribution in [0, 0.1) is 0 Å². The Balaban J connectivity index is 1.80. The second kappa shape index (κ2) is 7.24. The van der Waals surface area contributed by atoms with E-state index in [1.807, 2.05) is 18.2 Å². The summed E-state index contributed by atoms with van der Waals surface area (Å²) in [6, 6.07) is 10.4. The highest BCUT2D eigenvalue weighted by molar-refractivity contribution is 6.42. The molecule has 1 aliphatic carbocycles. The monoisotopic (exact) mass is 363 g/mol. The van der Waals surface area contributed by atoms with E-state index in [9.17, 15) is 4.79 Å². The topological polar surface area (TPSA) is 47.9 Å². The molecule has 3 rings (SSSR count). The van der Waals surface area contributed by atoms with Crippen LogP contribution in [0.15, 0.2) is 41.6 Å². The number of fused-ring (bicyclic) bond motifs is 1. The van der Waals surface area contributed by atoms with Gasteiger partial charge < -0.3 is 9.57 Å². The van der Waals surface area contributed by atoms with Gasteiger partial charge in [-0.2, -0.15) is 0 Å². The lowest BCUT2D eigenvalue weighted by atomic mass is 9.90. The summed E-state index contributed by atoms with van der Waals surface area (Å²) in [5.41, 5.74) is 3.20. The van der Waals surface area contributed by atoms with Crippen molar-refractivity contribution >= 4 is 34.9 Å². The fourth-order valence-corrected chi connectivity index (χ4v) is 2.93. The highest BCUT2D eigenvalue weighted by Gasteiger charge is 2.18. The lowest BCUT2D eigenvalue weighted by Gasteiger charge is -2.17. The van der Waals surface area contributed by atoms with Gasteiger partial charge in [0.1, 0.15) is 5.75 Å². The first kappa shape index (κ1) is 16.8. The lowest BCUT2D eigenvalue weighted by Crippen LogP contribution is -2.13. The zero-order valence-corrected chi connectivity index (χ0v) is 14.5. The van der Waals surface area contributed by atoms with Gasteiger partial charge >= 0.3 is 5.97 Å². The summed E-state index contributed by atoms with van der Waals surface area (Å²) in [6.07, 6.45) is 2.66. The van der Waals surface area contributed by atoms with E-state index < -0.39 is 5.97 Å².